The average molecular weight is 548 g/mol. The van der Waals surface area contributed by atoms with Crippen LogP contribution in [0, 0.1) is 0 Å². The molecule has 0 aliphatic heterocycles. The van der Waals surface area contributed by atoms with Gasteiger partial charge in [-0.1, -0.05) is 0 Å². The summed E-state index contributed by atoms with van der Waals surface area (Å²) in [5, 5.41) is 5.65. The highest BCUT2D eigenvalue weighted by molar-refractivity contribution is 6.10. The Hall–Kier alpha value is -5.70. The molecule has 0 atom stereocenters. The molecule has 0 spiro atoms. The van der Waals surface area contributed by atoms with Gasteiger partial charge in [-0.2, -0.15) is 0 Å². The van der Waals surface area contributed by atoms with Crippen LogP contribution in [0.1, 0.15) is 20.7 Å². The minimum atomic E-state index is -0.388. The van der Waals surface area contributed by atoms with Crippen molar-refractivity contribution >= 4 is 28.9 Å². The van der Waals surface area contributed by atoms with Crippen molar-refractivity contribution in [1.82, 2.24) is 0 Å². The predicted molar refractivity (Wildman–Crippen MR) is 155 cm³/mol. The average Bonchev–Trinajstić information content (AvgIpc) is 2.97. The lowest BCUT2D eigenvalue weighted by Gasteiger charge is -2.11. The van der Waals surface area contributed by atoms with E-state index < -0.39 is 0 Å². The molecule has 9 heteroatoms. The van der Waals surface area contributed by atoms with E-state index in [0.29, 0.717) is 39.9 Å². The van der Waals surface area contributed by atoms with Crippen LogP contribution in [-0.4, -0.2) is 11.8 Å². The number of benzene rings is 3. The van der Waals surface area contributed by atoms with Crippen LogP contribution in [0.2, 0.25) is 0 Å². The number of hydrogen-bond donors (Lipinski definition) is 3. The standard InChI is InChI=1S/C32H27N5O4/c1-36-17-13-27(14-18-36)40-25-8-4-23(5-9-25)34-31(38)22-3-12-29(30(33)21-22)32(39)35-24-6-10-26(11-7-24)41-28-15-19-37(2)20-16-28/h3-21H,1-2H3,(H2-2,33,34,35,38,39)/p+2. The molecule has 2 heterocycles. The molecule has 0 fully saturated rings. The number of rotatable bonds is 8. The van der Waals surface area contributed by atoms with Gasteiger partial charge in [-0.3, -0.25) is 9.59 Å². The molecule has 0 radical (unpaired) electrons. The molecule has 0 saturated heterocycles. The molecule has 5 rings (SSSR count). The number of nitrogen functional groups attached to an aromatic ring is 1. The Morgan fingerprint density at radius 2 is 1.00 bits per heavy atom. The fraction of sp³-hybridized carbons (Fsp3) is 0.0625. The van der Waals surface area contributed by atoms with Crippen molar-refractivity contribution in [3.63, 3.8) is 0 Å². The minimum absolute atomic E-state index is 0.187. The SMILES string of the molecule is C[n+]1ccc(Oc2ccc(NC(=O)c3ccc(C(=O)Nc4ccc(Oc5cc[n+](C)cc5)cc4)c(N)c3)cc2)cc1. The van der Waals surface area contributed by atoms with Crippen LogP contribution < -0.4 is 35.0 Å². The van der Waals surface area contributed by atoms with E-state index in [2.05, 4.69) is 10.6 Å². The summed E-state index contributed by atoms with van der Waals surface area (Å²) < 4.78 is 15.5. The van der Waals surface area contributed by atoms with Gasteiger partial charge < -0.3 is 25.8 Å². The smallest absolute Gasteiger partial charge is 0.257 e. The van der Waals surface area contributed by atoms with Crippen LogP contribution in [0.15, 0.2) is 116 Å². The van der Waals surface area contributed by atoms with Crippen LogP contribution in [0.3, 0.4) is 0 Å². The third-order valence-electron chi connectivity index (χ3n) is 6.15. The van der Waals surface area contributed by atoms with Crippen LogP contribution in [0.5, 0.6) is 23.0 Å². The lowest BCUT2D eigenvalue weighted by atomic mass is 10.1. The van der Waals surface area contributed by atoms with Crippen LogP contribution in [0.25, 0.3) is 0 Å². The Balaban J connectivity index is 1.17. The molecule has 0 aliphatic rings. The largest absolute Gasteiger partial charge is 0.457 e. The second kappa shape index (κ2) is 12.0. The van der Waals surface area contributed by atoms with Crippen molar-refractivity contribution in [3.05, 3.63) is 127 Å². The van der Waals surface area contributed by atoms with E-state index in [1.807, 2.05) is 72.3 Å². The molecule has 2 amide bonds. The Morgan fingerprint density at radius 3 is 1.44 bits per heavy atom. The van der Waals surface area contributed by atoms with Gasteiger partial charge in [-0.05, 0) is 66.7 Å². The number of aromatic nitrogens is 2. The number of hydrogen-bond acceptors (Lipinski definition) is 5. The molecule has 0 aliphatic carbocycles. The Bertz CT molecular complexity index is 1670. The summed E-state index contributed by atoms with van der Waals surface area (Å²) in [6.07, 6.45) is 7.57. The summed E-state index contributed by atoms with van der Waals surface area (Å²) in [5.74, 6) is 1.96. The molecule has 4 N–H and O–H groups in total. The molecular formula is C32H29N5O4+2. The topological polar surface area (TPSA) is 110 Å². The van der Waals surface area contributed by atoms with Gasteiger partial charge in [-0.15, -0.1) is 0 Å². The molecule has 0 bridgehead atoms. The number of nitrogens with two attached hydrogens (primary N) is 1. The third-order valence-corrected chi connectivity index (χ3v) is 6.15. The molecule has 41 heavy (non-hydrogen) atoms. The fourth-order valence-corrected chi connectivity index (χ4v) is 3.91. The van der Waals surface area contributed by atoms with Gasteiger partial charge in [-0.25, -0.2) is 9.13 Å². The van der Waals surface area contributed by atoms with Crippen molar-refractivity contribution in [3.8, 4) is 23.0 Å². The number of amides is 2. The van der Waals surface area contributed by atoms with Crippen molar-refractivity contribution in [1.29, 1.82) is 0 Å². The Labute approximate surface area is 237 Å². The maximum absolute atomic E-state index is 12.9. The molecule has 0 saturated carbocycles. The highest BCUT2D eigenvalue weighted by Gasteiger charge is 2.14. The monoisotopic (exact) mass is 547 g/mol. The number of carbonyl (C=O) groups excluding carboxylic acids is 2. The first-order valence-corrected chi connectivity index (χ1v) is 12.8. The first-order chi connectivity index (χ1) is 19.8. The quantitative estimate of drug-likeness (QED) is 0.187. The van der Waals surface area contributed by atoms with Gasteiger partial charge in [0.05, 0.1) is 5.56 Å². The van der Waals surface area contributed by atoms with E-state index in [1.165, 1.54) is 12.1 Å². The van der Waals surface area contributed by atoms with Gasteiger partial charge in [0.2, 0.25) is 0 Å². The summed E-state index contributed by atoms with van der Waals surface area (Å²) in [7, 11) is 3.86. The number of nitrogens with zero attached hydrogens (tertiary/aromatic N) is 2. The van der Waals surface area contributed by atoms with Crippen molar-refractivity contribution in [2.45, 2.75) is 0 Å². The second-order valence-electron chi connectivity index (χ2n) is 9.36. The fourth-order valence-electron chi connectivity index (χ4n) is 3.91. The number of pyridine rings is 2. The van der Waals surface area contributed by atoms with E-state index in [1.54, 1.807) is 54.6 Å². The summed E-state index contributed by atoms with van der Waals surface area (Å²) in [5.41, 5.74) is 8.10. The first-order valence-electron chi connectivity index (χ1n) is 12.8. The Morgan fingerprint density at radius 1 is 0.585 bits per heavy atom. The maximum atomic E-state index is 12.9. The van der Waals surface area contributed by atoms with E-state index >= 15 is 0 Å². The molecule has 5 aromatic rings. The van der Waals surface area contributed by atoms with E-state index in [-0.39, 0.29) is 23.1 Å². The van der Waals surface area contributed by atoms with E-state index in [4.69, 9.17) is 15.2 Å². The molecule has 0 unspecified atom stereocenters. The highest BCUT2D eigenvalue weighted by Crippen LogP contribution is 2.25. The lowest BCUT2D eigenvalue weighted by molar-refractivity contribution is -0.671. The molecule has 204 valence electrons. The number of anilines is 3. The maximum Gasteiger partial charge on any atom is 0.257 e. The second-order valence-corrected chi connectivity index (χ2v) is 9.36. The van der Waals surface area contributed by atoms with Gasteiger partial charge in [0, 0.05) is 46.9 Å². The van der Waals surface area contributed by atoms with Gasteiger partial charge in [0.25, 0.3) is 11.8 Å². The number of ether oxygens (including phenoxy) is 2. The molecule has 3 aromatic carbocycles. The third kappa shape index (κ3) is 7.04. The van der Waals surface area contributed by atoms with E-state index in [0.717, 1.165) is 0 Å². The van der Waals surface area contributed by atoms with Gasteiger partial charge in [0.1, 0.15) is 37.1 Å². The lowest BCUT2D eigenvalue weighted by Crippen LogP contribution is -2.25. The van der Waals surface area contributed by atoms with Gasteiger partial charge >= 0.3 is 0 Å². The first kappa shape index (κ1) is 26.9. The van der Waals surface area contributed by atoms with Crippen LogP contribution >= 0.6 is 0 Å². The Kier molecular flexibility index (Phi) is 7.87. The van der Waals surface area contributed by atoms with Gasteiger partial charge in [0.15, 0.2) is 24.8 Å². The summed E-state index contributed by atoms with van der Waals surface area (Å²) in [6.45, 7) is 0. The predicted octanol–water partition coefficient (Wildman–Crippen LogP) is 5.01. The van der Waals surface area contributed by atoms with Crippen LogP contribution in [-0.2, 0) is 14.1 Å². The van der Waals surface area contributed by atoms with Crippen LogP contribution in [0.4, 0.5) is 17.1 Å². The zero-order valence-corrected chi connectivity index (χ0v) is 22.6. The van der Waals surface area contributed by atoms with Crippen molar-refractivity contribution in [2.75, 3.05) is 16.4 Å². The molecular weight excluding hydrogens is 518 g/mol. The summed E-state index contributed by atoms with van der Waals surface area (Å²) >= 11 is 0. The zero-order valence-electron chi connectivity index (χ0n) is 22.6. The van der Waals surface area contributed by atoms with Crippen molar-refractivity contribution in [2.24, 2.45) is 14.1 Å². The molecule has 2 aromatic heterocycles. The molecule has 9 nitrogen and oxygen atoms in total. The minimum Gasteiger partial charge on any atom is -0.457 e. The number of nitrogens with one attached hydrogen (secondary N) is 2. The van der Waals surface area contributed by atoms with Crippen molar-refractivity contribution < 1.29 is 28.2 Å². The highest BCUT2D eigenvalue weighted by atomic mass is 16.5. The normalized spacial score (nSPS) is 10.5. The zero-order chi connectivity index (χ0) is 28.8. The number of carbonyl (C=O) groups is 2. The number of aryl methyl sites for hydroxylation is 2. The summed E-state index contributed by atoms with van der Waals surface area (Å²) in [4.78, 5) is 25.7. The van der Waals surface area contributed by atoms with E-state index in [9.17, 15) is 9.59 Å². The summed E-state index contributed by atoms with van der Waals surface area (Å²) in [6, 6.07) is 26.1.